The minimum absolute atomic E-state index is 0.102. The molecule has 0 atom stereocenters. The van der Waals surface area contributed by atoms with Crippen LogP contribution in [0.3, 0.4) is 0 Å². The molecule has 1 fully saturated rings. The maximum Gasteiger partial charge on any atom is 0.227 e. The number of carbonyl (C=O) groups excluding carboxylic acids is 1. The predicted octanol–water partition coefficient (Wildman–Crippen LogP) is 1.24. The molecule has 0 radical (unpaired) electrons. The van der Waals surface area contributed by atoms with Gasteiger partial charge in [-0.3, -0.25) is 9.89 Å². The predicted molar refractivity (Wildman–Crippen MR) is 69.7 cm³/mol. The Morgan fingerprint density at radius 1 is 1.50 bits per heavy atom. The van der Waals surface area contributed by atoms with Gasteiger partial charge in [0.1, 0.15) is 0 Å². The standard InChI is InChI=1S/C13H22N4O/c1-10-11(8-16-17-10)7-15-12(18)13(9-14)5-3-2-4-6-13/h8H,2-7,9,14H2,1H3,(H,15,18)(H,16,17). The lowest BCUT2D eigenvalue weighted by Gasteiger charge is -2.34. The van der Waals surface area contributed by atoms with Crippen molar-refractivity contribution in [2.75, 3.05) is 6.54 Å². The zero-order valence-electron chi connectivity index (χ0n) is 11.0. The molecule has 18 heavy (non-hydrogen) atoms. The number of hydrogen-bond acceptors (Lipinski definition) is 3. The summed E-state index contributed by atoms with van der Waals surface area (Å²) in [6.07, 6.45) is 7.02. The molecule has 1 heterocycles. The first kappa shape index (κ1) is 13.1. The van der Waals surface area contributed by atoms with Crippen molar-refractivity contribution in [3.63, 3.8) is 0 Å². The normalized spacial score (nSPS) is 18.6. The van der Waals surface area contributed by atoms with Gasteiger partial charge in [0.15, 0.2) is 0 Å². The van der Waals surface area contributed by atoms with Gasteiger partial charge in [-0.25, -0.2) is 0 Å². The van der Waals surface area contributed by atoms with Crippen LogP contribution in [0.15, 0.2) is 6.20 Å². The van der Waals surface area contributed by atoms with Crippen molar-refractivity contribution >= 4 is 5.91 Å². The fourth-order valence-electron chi connectivity index (χ4n) is 2.67. The minimum Gasteiger partial charge on any atom is -0.351 e. The van der Waals surface area contributed by atoms with Crippen molar-refractivity contribution in [2.45, 2.75) is 45.6 Å². The number of amides is 1. The first-order valence-electron chi connectivity index (χ1n) is 6.65. The smallest absolute Gasteiger partial charge is 0.227 e. The summed E-state index contributed by atoms with van der Waals surface area (Å²) in [6, 6.07) is 0. The van der Waals surface area contributed by atoms with Crippen LogP contribution in [-0.4, -0.2) is 22.6 Å². The number of hydrogen-bond donors (Lipinski definition) is 3. The molecule has 1 aliphatic carbocycles. The highest BCUT2D eigenvalue weighted by atomic mass is 16.2. The van der Waals surface area contributed by atoms with Crippen LogP contribution in [0.25, 0.3) is 0 Å². The third kappa shape index (κ3) is 2.56. The Balaban J connectivity index is 1.96. The Bertz CT molecular complexity index is 407. The summed E-state index contributed by atoms with van der Waals surface area (Å²) in [5.41, 5.74) is 7.54. The summed E-state index contributed by atoms with van der Waals surface area (Å²) in [4.78, 5) is 12.3. The second-order valence-electron chi connectivity index (χ2n) is 5.25. The van der Waals surface area contributed by atoms with Gasteiger partial charge in [-0.1, -0.05) is 19.3 Å². The Hall–Kier alpha value is -1.36. The van der Waals surface area contributed by atoms with Gasteiger partial charge < -0.3 is 11.1 Å². The van der Waals surface area contributed by atoms with Crippen molar-refractivity contribution in [2.24, 2.45) is 11.1 Å². The van der Waals surface area contributed by atoms with E-state index in [0.29, 0.717) is 13.1 Å². The molecule has 0 spiro atoms. The van der Waals surface area contributed by atoms with Gasteiger partial charge in [-0.05, 0) is 19.8 Å². The maximum atomic E-state index is 12.3. The molecule has 1 saturated carbocycles. The summed E-state index contributed by atoms with van der Waals surface area (Å²) in [7, 11) is 0. The van der Waals surface area contributed by atoms with Gasteiger partial charge >= 0.3 is 0 Å². The van der Waals surface area contributed by atoms with Gasteiger partial charge in [-0.15, -0.1) is 0 Å². The Morgan fingerprint density at radius 2 is 2.22 bits per heavy atom. The van der Waals surface area contributed by atoms with Gasteiger partial charge in [-0.2, -0.15) is 5.10 Å². The summed E-state index contributed by atoms with van der Waals surface area (Å²) >= 11 is 0. The van der Waals surface area contributed by atoms with Crippen LogP contribution in [0.2, 0.25) is 0 Å². The zero-order chi connectivity index (χ0) is 13.0. The highest BCUT2D eigenvalue weighted by Gasteiger charge is 2.37. The number of nitrogens with two attached hydrogens (primary N) is 1. The van der Waals surface area contributed by atoms with Crippen LogP contribution < -0.4 is 11.1 Å². The lowest BCUT2D eigenvalue weighted by Crippen LogP contribution is -2.46. The van der Waals surface area contributed by atoms with Crippen LogP contribution in [-0.2, 0) is 11.3 Å². The summed E-state index contributed by atoms with van der Waals surface area (Å²) in [5.74, 6) is 0.102. The van der Waals surface area contributed by atoms with Gasteiger partial charge in [0.05, 0.1) is 11.6 Å². The molecule has 1 aromatic heterocycles. The zero-order valence-corrected chi connectivity index (χ0v) is 11.0. The van der Waals surface area contributed by atoms with Gasteiger partial charge in [0.2, 0.25) is 5.91 Å². The molecule has 5 heteroatoms. The Labute approximate surface area is 108 Å². The first-order valence-corrected chi connectivity index (χ1v) is 6.65. The van der Waals surface area contributed by atoms with Crippen molar-refractivity contribution in [1.29, 1.82) is 0 Å². The van der Waals surface area contributed by atoms with Gasteiger partial charge in [0.25, 0.3) is 0 Å². The average molecular weight is 250 g/mol. The van der Waals surface area contributed by atoms with E-state index in [1.165, 1.54) is 6.42 Å². The third-order valence-electron chi connectivity index (χ3n) is 4.06. The third-order valence-corrected chi connectivity index (χ3v) is 4.06. The molecule has 0 saturated heterocycles. The van der Waals surface area contributed by atoms with Crippen LogP contribution in [0, 0.1) is 12.3 Å². The van der Waals surface area contributed by atoms with Crippen molar-refractivity contribution < 1.29 is 4.79 Å². The number of rotatable bonds is 4. The highest BCUT2D eigenvalue weighted by Crippen LogP contribution is 2.35. The fourth-order valence-corrected chi connectivity index (χ4v) is 2.67. The largest absolute Gasteiger partial charge is 0.351 e. The molecule has 0 bridgehead atoms. The number of carbonyl (C=O) groups is 1. The second kappa shape index (κ2) is 5.52. The van der Waals surface area contributed by atoms with E-state index in [-0.39, 0.29) is 11.3 Å². The van der Waals surface area contributed by atoms with Crippen molar-refractivity contribution in [1.82, 2.24) is 15.5 Å². The number of H-pyrrole nitrogens is 1. The Kier molecular flexibility index (Phi) is 4.01. The topological polar surface area (TPSA) is 83.8 Å². The van der Waals surface area contributed by atoms with E-state index in [1.54, 1.807) is 6.20 Å². The lowest BCUT2D eigenvalue weighted by atomic mass is 9.73. The summed E-state index contributed by atoms with van der Waals surface area (Å²) in [5, 5.41) is 9.83. The molecule has 0 aromatic carbocycles. The quantitative estimate of drug-likeness (QED) is 0.751. The number of nitrogens with one attached hydrogen (secondary N) is 2. The number of nitrogens with zero attached hydrogens (tertiary/aromatic N) is 1. The number of aryl methyl sites for hydroxylation is 1. The van der Waals surface area contributed by atoms with Crippen LogP contribution in [0.1, 0.15) is 43.4 Å². The van der Waals surface area contributed by atoms with Crippen LogP contribution in [0.5, 0.6) is 0 Å². The molecule has 0 unspecified atom stereocenters. The lowest BCUT2D eigenvalue weighted by molar-refractivity contribution is -0.132. The minimum atomic E-state index is -0.337. The van der Waals surface area contributed by atoms with Crippen molar-refractivity contribution in [3.05, 3.63) is 17.5 Å². The summed E-state index contributed by atoms with van der Waals surface area (Å²) in [6.45, 7) is 2.93. The van der Waals surface area contributed by atoms with Crippen LogP contribution in [0.4, 0.5) is 0 Å². The monoisotopic (exact) mass is 250 g/mol. The molecule has 0 aliphatic heterocycles. The first-order chi connectivity index (χ1) is 8.68. The summed E-state index contributed by atoms with van der Waals surface area (Å²) < 4.78 is 0. The van der Waals surface area contributed by atoms with Crippen LogP contribution >= 0.6 is 0 Å². The van der Waals surface area contributed by atoms with E-state index in [0.717, 1.165) is 36.9 Å². The number of aromatic nitrogens is 2. The molecule has 1 amide bonds. The van der Waals surface area contributed by atoms with E-state index in [9.17, 15) is 4.79 Å². The highest BCUT2D eigenvalue weighted by molar-refractivity contribution is 5.83. The van der Waals surface area contributed by atoms with E-state index in [2.05, 4.69) is 15.5 Å². The fraction of sp³-hybridized carbons (Fsp3) is 0.692. The SMILES string of the molecule is Cc1[nH]ncc1CNC(=O)C1(CN)CCCCC1. The molecular formula is C13H22N4O. The molecular weight excluding hydrogens is 228 g/mol. The van der Waals surface area contributed by atoms with Gasteiger partial charge in [0, 0.05) is 24.3 Å². The van der Waals surface area contributed by atoms with Crippen molar-refractivity contribution in [3.8, 4) is 0 Å². The van der Waals surface area contributed by atoms with E-state index in [4.69, 9.17) is 5.73 Å². The molecule has 2 rings (SSSR count). The maximum absolute atomic E-state index is 12.3. The number of aromatic amines is 1. The molecule has 100 valence electrons. The Morgan fingerprint density at radius 3 is 2.78 bits per heavy atom. The second-order valence-corrected chi connectivity index (χ2v) is 5.25. The molecule has 1 aliphatic rings. The molecule has 4 N–H and O–H groups in total. The van der Waals surface area contributed by atoms with E-state index in [1.807, 2.05) is 6.92 Å². The van der Waals surface area contributed by atoms with E-state index < -0.39 is 0 Å². The van der Waals surface area contributed by atoms with E-state index >= 15 is 0 Å². The molecule has 5 nitrogen and oxygen atoms in total. The molecule has 1 aromatic rings. The average Bonchev–Trinajstić information content (AvgIpc) is 2.82.